The summed E-state index contributed by atoms with van der Waals surface area (Å²) < 4.78 is 11.0. The first-order chi connectivity index (χ1) is 8.13. The van der Waals surface area contributed by atoms with Gasteiger partial charge in [-0.25, -0.2) is 4.79 Å². The molecule has 1 heterocycles. The van der Waals surface area contributed by atoms with E-state index in [0.29, 0.717) is 5.56 Å². The summed E-state index contributed by atoms with van der Waals surface area (Å²) in [7, 11) is 1.59. The lowest BCUT2D eigenvalue weighted by Crippen LogP contribution is -1.96. The molecule has 1 aromatic carbocycles. The molecule has 0 saturated carbocycles. The summed E-state index contributed by atoms with van der Waals surface area (Å²) in [5.74, 6) is -0.364. The molecule has 0 bridgehead atoms. The number of hydrogen-bond donors (Lipinski definition) is 1. The highest BCUT2D eigenvalue weighted by molar-refractivity contribution is 14.1. The molecule has 0 fully saturated rings. The fraction of sp³-hybridized carbons (Fsp3) is 0.0833. The van der Waals surface area contributed by atoms with Crippen LogP contribution in [0.3, 0.4) is 0 Å². The van der Waals surface area contributed by atoms with Gasteiger partial charge in [0.15, 0.2) is 0 Å². The van der Waals surface area contributed by atoms with Crippen LogP contribution in [0, 0.1) is 3.57 Å². The zero-order valence-electron chi connectivity index (χ0n) is 8.94. The maximum Gasteiger partial charge on any atom is 0.372 e. The standard InChI is InChI=1S/C12H9IO4/c1-16-10-3-2-7(6-9(10)13)8-4-5-17-11(8)12(14)15/h2-6H,1H3,(H,14,15). The highest BCUT2D eigenvalue weighted by Crippen LogP contribution is 2.30. The topological polar surface area (TPSA) is 59.7 Å². The molecular formula is C12H9IO4. The average Bonchev–Trinajstić information content (AvgIpc) is 2.77. The number of furan rings is 1. The molecule has 4 nitrogen and oxygen atoms in total. The van der Waals surface area contributed by atoms with E-state index in [9.17, 15) is 4.79 Å². The summed E-state index contributed by atoms with van der Waals surface area (Å²) in [5, 5.41) is 8.97. The molecule has 5 heteroatoms. The molecule has 0 aliphatic rings. The Bertz CT molecular complexity index is 559. The molecular weight excluding hydrogens is 335 g/mol. The normalized spacial score (nSPS) is 10.2. The number of benzene rings is 1. The van der Waals surface area contributed by atoms with Crippen LogP contribution in [-0.4, -0.2) is 18.2 Å². The fourth-order valence-electron chi connectivity index (χ4n) is 1.54. The quantitative estimate of drug-likeness (QED) is 0.869. The Labute approximate surface area is 111 Å². The Morgan fingerprint density at radius 3 is 2.76 bits per heavy atom. The van der Waals surface area contributed by atoms with Crippen LogP contribution < -0.4 is 4.74 Å². The zero-order valence-corrected chi connectivity index (χ0v) is 11.1. The predicted octanol–water partition coefficient (Wildman–Crippen LogP) is 3.26. The third-order valence-electron chi connectivity index (χ3n) is 2.32. The molecule has 88 valence electrons. The maximum absolute atomic E-state index is 10.9. The van der Waals surface area contributed by atoms with Gasteiger partial charge in [-0.2, -0.15) is 0 Å². The van der Waals surface area contributed by atoms with Gasteiger partial charge in [0.25, 0.3) is 0 Å². The van der Waals surface area contributed by atoms with Gasteiger partial charge in [0, 0.05) is 5.56 Å². The van der Waals surface area contributed by atoms with Crippen LogP contribution in [0.25, 0.3) is 11.1 Å². The number of ether oxygens (including phenoxy) is 1. The van der Waals surface area contributed by atoms with Crippen molar-refractivity contribution < 1.29 is 19.1 Å². The molecule has 0 aliphatic heterocycles. The fourth-order valence-corrected chi connectivity index (χ4v) is 2.27. The molecule has 0 unspecified atom stereocenters. The van der Waals surface area contributed by atoms with E-state index in [-0.39, 0.29) is 5.76 Å². The monoisotopic (exact) mass is 344 g/mol. The Balaban J connectivity index is 2.50. The van der Waals surface area contributed by atoms with Crippen molar-refractivity contribution in [2.75, 3.05) is 7.11 Å². The van der Waals surface area contributed by atoms with Gasteiger partial charge < -0.3 is 14.3 Å². The number of rotatable bonds is 3. The van der Waals surface area contributed by atoms with Gasteiger partial charge in [0.1, 0.15) is 5.75 Å². The minimum atomic E-state index is -1.07. The summed E-state index contributed by atoms with van der Waals surface area (Å²) in [6, 6.07) is 7.10. The Kier molecular flexibility index (Phi) is 3.37. The molecule has 17 heavy (non-hydrogen) atoms. The molecule has 1 aromatic heterocycles. The van der Waals surface area contributed by atoms with Gasteiger partial charge >= 0.3 is 5.97 Å². The lowest BCUT2D eigenvalue weighted by Gasteiger charge is -2.05. The van der Waals surface area contributed by atoms with Crippen molar-refractivity contribution >= 4 is 28.6 Å². The van der Waals surface area contributed by atoms with Gasteiger partial charge in [-0.15, -0.1) is 0 Å². The van der Waals surface area contributed by atoms with Gasteiger partial charge in [-0.05, 0) is 46.4 Å². The highest BCUT2D eigenvalue weighted by atomic mass is 127. The minimum Gasteiger partial charge on any atom is -0.496 e. The SMILES string of the molecule is COc1ccc(-c2ccoc2C(=O)O)cc1I. The first-order valence-corrected chi connectivity index (χ1v) is 5.86. The second kappa shape index (κ2) is 4.79. The molecule has 0 spiro atoms. The molecule has 0 atom stereocenters. The molecule has 0 amide bonds. The first kappa shape index (κ1) is 12.0. The minimum absolute atomic E-state index is 0.0500. The summed E-state index contributed by atoms with van der Waals surface area (Å²) in [5.41, 5.74) is 1.36. The smallest absolute Gasteiger partial charge is 0.372 e. The largest absolute Gasteiger partial charge is 0.496 e. The van der Waals surface area contributed by atoms with Crippen molar-refractivity contribution in [2.45, 2.75) is 0 Å². The molecule has 2 rings (SSSR count). The number of carbonyl (C=O) groups is 1. The van der Waals surface area contributed by atoms with Crippen molar-refractivity contribution in [3.05, 3.63) is 39.9 Å². The third-order valence-corrected chi connectivity index (χ3v) is 3.17. The van der Waals surface area contributed by atoms with Crippen LogP contribution in [0.5, 0.6) is 5.75 Å². The second-order valence-corrected chi connectivity index (χ2v) is 4.48. The van der Waals surface area contributed by atoms with Gasteiger partial charge in [-0.3, -0.25) is 0 Å². The summed E-state index contributed by atoms with van der Waals surface area (Å²) in [6.07, 6.45) is 1.37. The van der Waals surface area contributed by atoms with E-state index >= 15 is 0 Å². The number of halogens is 1. The third kappa shape index (κ3) is 2.28. The van der Waals surface area contributed by atoms with E-state index in [1.54, 1.807) is 25.3 Å². The molecule has 0 radical (unpaired) electrons. The lowest BCUT2D eigenvalue weighted by molar-refractivity contribution is 0.0663. The summed E-state index contributed by atoms with van der Waals surface area (Å²) in [6.45, 7) is 0. The van der Waals surface area contributed by atoms with E-state index < -0.39 is 5.97 Å². The zero-order chi connectivity index (χ0) is 12.4. The lowest BCUT2D eigenvalue weighted by atomic mass is 10.1. The first-order valence-electron chi connectivity index (χ1n) is 4.78. The maximum atomic E-state index is 10.9. The molecule has 2 aromatic rings. The summed E-state index contributed by atoms with van der Waals surface area (Å²) in [4.78, 5) is 10.9. The van der Waals surface area contributed by atoms with Crippen LogP contribution in [0.15, 0.2) is 34.9 Å². The van der Waals surface area contributed by atoms with Crippen LogP contribution in [0.4, 0.5) is 0 Å². The molecule has 0 saturated heterocycles. The van der Waals surface area contributed by atoms with Gasteiger partial charge in [0.2, 0.25) is 5.76 Å². The Morgan fingerprint density at radius 1 is 1.41 bits per heavy atom. The van der Waals surface area contributed by atoms with Crippen molar-refractivity contribution in [3.8, 4) is 16.9 Å². The number of carboxylic acids is 1. The van der Waals surface area contributed by atoms with Gasteiger partial charge in [-0.1, -0.05) is 6.07 Å². The van der Waals surface area contributed by atoms with E-state index in [4.69, 9.17) is 14.3 Å². The second-order valence-electron chi connectivity index (χ2n) is 3.32. The van der Waals surface area contributed by atoms with Crippen molar-refractivity contribution in [1.82, 2.24) is 0 Å². The Hall–Kier alpha value is -1.50. The molecule has 1 N–H and O–H groups in total. The average molecular weight is 344 g/mol. The van der Waals surface area contributed by atoms with Crippen molar-refractivity contribution in [2.24, 2.45) is 0 Å². The van der Waals surface area contributed by atoms with Crippen LogP contribution in [0.1, 0.15) is 10.6 Å². The Morgan fingerprint density at radius 2 is 2.18 bits per heavy atom. The van der Waals surface area contributed by atoms with Crippen molar-refractivity contribution in [3.63, 3.8) is 0 Å². The van der Waals surface area contributed by atoms with Crippen molar-refractivity contribution in [1.29, 1.82) is 0 Å². The van der Waals surface area contributed by atoms with Crippen LogP contribution >= 0.6 is 22.6 Å². The highest BCUT2D eigenvalue weighted by Gasteiger charge is 2.16. The van der Waals surface area contributed by atoms with E-state index in [1.165, 1.54) is 6.26 Å². The number of aromatic carboxylic acids is 1. The number of hydrogen-bond acceptors (Lipinski definition) is 3. The number of methoxy groups -OCH3 is 1. The predicted molar refractivity (Wildman–Crippen MR) is 70.4 cm³/mol. The van der Waals surface area contributed by atoms with E-state index in [1.807, 2.05) is 6.07 Å². The molecule has 0 aliphatic carbocycles. The van der Waals surface area contributed by atoms with E-state index in [2.05, 4.69) is 22.6 Å². The van der Waals surface area contributed by atoms with Gasteiger partial charge in [0.05, 0.1) is 16.9 Å². The van der Waals surface area contributed by atoms with E-state index in [0.717, 1.165) is 14.9 Å². The number of carboxylic acid groups (broad SMARTS) is 1. The van der Waals surface area contributed by atoms with Crippen LogP contribution in [-0.2, 0) is 0 Å². The summed E-state index contributed by atoms with van der Waals surface area (Å²) >= 11 is 2.14. The van der Waals surface area contributed by atoms with Crippen LogP contribution in [0.2, 0.25) is 0 Å².